The molecule has 2 heterocycles. The molecule has 3 aromatic carbocycles. The molecule has 0 atom stereocenters. The van der Waals surface area contributed by atoms with Crippen molar-refractivity contribution in [2.75, 3.05) is 72.0 Å². The molecule has 48 heavy (non-hydrogen) atoms. The first-order valence-electron chi connectivity index (χ1n) is 17.3. The molecule has 10 heteroatoms. The van der Waals surface area contributed by atoms with E-state index in [9.17, 15) is 9.59 Å². The zero-order valence-corrected chi connectivity index (χ0v) is 29.6. The van der Waals surface area contributed by atoms with Gasteiger partial charge < -0.3 is 28.4 Å². The van der Waals surface area contributed by atoms with Crippen LogP contribution in [0.15, 0.2) is 67.0 Å². The molecule has 0 bridgehead atoms. The zero-order chi connectivity index (χ0) is 34.5. The Hall–Kier alpha value is -4.86. The number of fused-ring (bicyclic) bond motifs is 2. The first-order chi connectivity index (χ1) is 23.2. The Morgan fingerprint density at radius 3 is 1.00 bits per heavy atom. The zero-order valence-electron chi connectivity index (χ0n) is 29.6. The third kappa shape index (κ3) is 6.48. The van der Waals surface area contributed by atoms with Gasteiger partial charge in [-0.2, -0.15) is 0 Å². The van der Waals surface area contributed by atoms with Crippen LogP contribution in [-0.2, 0) is 0 Å². The Balaban J connectivity index is 1.57. The highest BCUT2D eigenvalue weighted by Gasteiger charge is 2.20. The molecule has 0 radical (unpaired) electrons. The lowest BCUT2D eigenvalue weighted by Crippen LogP contribution is -2.28. The van der Waals surface area contributed by atoms with Gasteiger partial charge >= 0.3 is 11.3 Å². The van der Waals surface area contributed by atoms with E-state index in [-0.39, 0.29) is 11.8 Å². The molecule has 0 saturated carbocycles. The van der Waals surface area contributed by atoms with Crippen LogP contribution in [0, 0.1) is 0 Å². The molecule has 0 spiro atoms. The first-order valence-corrected chi connectivity index (χ1v) is 17.3. The number of benzene rings is 3. The van der Waals surface area contributed by atoms with E-state index in [1.165, 1.54) is 0 Å². The molecule has 0 aliphatic carbocycles. The average molecular weight is 653 g/mol. The van der Waals surface area contributed by atoms with Crippen LogP contribution in [0.3, 0.4) is 0 Å². The number of hydrogen-bond donors (Lipinski definition) is 0. The minimum absolute atomic E-state index is 0.223. The van der Waals surface area contributed by atoms with Gasteiger partial charge in [0.2, 0.25) is 11.8 Å². The molecule has 10 nitrogen and oxygen atoms in total. The van der Waals surface area contributed by atoms with Crippen LogP contribution in [0.25, 0.3) is 44.7 Å². The van der Waals surface area contributed by atoms with Crippen LogP contribution < -0.4 is 30.9 Å². The van der Waals surface area contributed by atoms with Gasteiger partial charge in [0.1, 0.15) is 0 Å². The van der Waals surface area contributed by atoms with Gasteiger partial charge in [-0.1, -0.05) is 0 Å². The lowest BCUT2D eigenvalue weighted by atomic mass is 10.1. The van der Waals surface area contributed by atoms with Crippen molar-refractivity contribution in [3.8, 4) is 22.9 Å². The van der Waals surface area contributed by atoms with Crippen LogP contribution in [0.5, 0.6) is 0 Å². The van der Waals surface area contributed by atoms with Gasteiger partial charge in [-0.25, -0.2) is 19.6 Å². The van der Waals surface area contributed by atoms with E-state index in [1.807, 2.05) is 24.3 Å². The third-order valence-electron chi connectivity index (χ3n) is 9.24. The molecular formula is C38H48N6O4. The Kier molecular flexibility index (Phi) is 10.7. The molecule has 254 valence electrons. The molecular weight excluding hydrogens is 604 g/mol. The summed E-state index contributed by atoms with van der Waals surface area (Å²) in [5.41, 5.74) is 5.64. The summed E-state index contributed by atoms with van der Waals surface area (Å²) in [6, 6.07) is 15.0. The molecule has 0 saturated heterocycles. The van der Waals surface area contributed by atoms with E-state index in [1.54, 1.807) is 24.3 Å². The summed E-state index contributed by atoms with van der Waals surface area (Å²) < 4.78 is 11.5. The quantitative estimate of drug-likeness (QED) is 0.121. The van der Waals surface area contributed by atoms with E-state index in [0.29, 0.717) is 32.9 Å². The van der Waals surface area contributed by atoms with Gasteiger partial charge in [0.25, 0.3) is 0 Å². The minimum atomic E-state index is -0.436. The summed E-state index contributed by atoms with van der Waals surface area (Å²) in [6.07, 6.45) is 0. The standard InChI is InChI=1S/C38H48N6O4/c1-9-41(10-2)31-21-27-29(23-33(31)43(13-5)14-6)39-35(47-37(27)45)25-17-19-26(20-18-25)36-40-30-24-34(44(15-7)16-8)32(42(11-3)12-4)22-28(30)38(46)48-36/h17-24H,9-16H2,1-8H3. The summed E-state index contributed by atoms with van der Waals surface area (Å²) in [4.78, 5) is 45.3. The first kappa shape index (κ1) is 34.5. The molecule has 5 rings (SSSR count). The SMILES string of the molecule is CCN(CC)c1cc2nc(-c3ccc(-c4nc5cc(N(CC)CC)c(N(CC)CC)cc5c(=O)o4)cc3)oc(=O)c2cc1N(CC)CC. The lowest BCUT2D eigenvalue weighted by molar-refractivity contribution is 0.516. The second kappa shape index (κ2) is 14.9. The average Bonchev–Trinajstić information content (AvgIpc) is 3.10. The summed E-state index contributed by atoms with van der Waals surface area (Å²) >= 11 is 0. The fraction of sp³-hybridized carbons (Fsp3) is 0.421. The maximum atomic E-state index is 13.3. The molecule has 0 fully saturated rings. The number of hydrogen-bond acceptors (Lipinski definition) is 10. The highest BCUT2D eigenvalue weighted by atomic mass is 16.4. The van der Waals surface area contributed by atoms with Gasteiger partial charge in [0, 0.05) is 63.5 Å². The second-order valence-electron chi connectivity index (χ2n) is 11.6. The molecule has 0 unspecified atom stereocenters. The normalized spacial score (nSPS) is 11.3. The van der Waals surface area contributed by atoms with Crippen LogP contribution in [0.2, 0.25) is 0 Å². The lowest BCUT2D eigenvalue weighted by Gasteiger charge is -2.30. The fourth-order valence-corrected chi connectivity index (χ4v) is 6.47. The van der Waals surface area contributed by atoms with Crippen LogP contribution in [0.4, 0.5) is 22.7 Å². The Morgan fingerprint density at radius 2 is 0.729 bits per heavy atom. The monoisotopic (exact) mass is 652 g/mol. The third-order valence-corrected chi connectivity index (χ3v) is 9.24. The summed E-state index contributed by atoms with van der Waals surface area (Å²) in [7, 11) is 0. The molecule has 0 N–H and O–H groups in total. The van der Waals surface area contributed by atoms with Crippen LogP contribution >= 0.6 is 0 Å². The van der Waals surface area contributed by atoms with Crippen molar-refractivity contribution in [1.82, 2.24) is 9.97 Å². The maximum absolute atomic E-state index is 13.3. The topological polar surface area (TPSA) is 99.2 Å². The highest BCUT2D eigenvalue weighted by Crippen LogP contribution is 2.35. The van der Waals surface area contributed by atoms with E-state index in [4.69, 9.17) is 18.8 Å². The summed E-state index contributed by atoms with van der Waals surface area (Å²) in [6.45, 7) is 23.5. The highest BCUT2D eigenvalue weighted by molar-refractivity contribution is 5.92. The van der Waals surface area contributed by atoms with Crippen molar-refractivity contribution in [3.63, 3.8) is 0 Å². The van der Waals surface area contributed by atoms with Gasteiger partial charge in [-0.3, -0.25) is 0 Å². The Bertz CT molecular complexity index is 1840. The summed E-state index contributed by atoms with van der Waals surface area (Å²) in [5, 5.41) is 0.895. The fourth-order valence-electron chi connectivity index (χ4n) is 6.47. The molecule has 0 aliphatic heterocycles. The Labute approximate surface area is 282 Å². The van der Waals surface area contributed by atoms with Crippen molar-refractivity contribution < 1.29 is 8.83 Å². The van der Waals surface area contributed by atoms with E-state index in [0.717, 1.165) is 75.1 Å². The molecule has 2 aromatic heterocycles. The smallest absolute Gasteiger partial charge is 0.347 e. The number of nitrogens with zero attached hydrogens (tertiary/aromatic N) is 6. The molecule has 0 aliphatic rings. The van der Waals surface area contributed by atoms with Crippen LogP contribution in [0.1, 0.15) is 55.4 Å². The molecule has 0 amide bonds. The number of aromatic nitrogens is 2. The van der Waals surface area contributed by atoms with Gasteiger partial charge in [0.05, 0.1) is 44.6 Å². The number of anilines is 4. The second-order valence-corrected chi connectivity index (χ2v) is 11.6. The van der Waals surface area contributed by atoms with Gasteiger partial charge in [0.15, 0.2) is 0 Å². The van der Waals surface area contributed by atoms with Crippen LogP contribution in [-0.4, -0.2) is 62.3 Å². The Morgan fingerprint density at radius 1 is 0.458 bits per heavy atom. The maximum Gasteiger partial charge on any atom is 0.347 e. The molecule has 5 aromatic rings. The minimum Gasteiger partial charge on any atom is -0.403 e. The van der Waals surface area contributed by atoms with Crippen molar-refractivity contribution in [3.05, 3.63) is 69.4 Å². The largest absolute Gasteiger partial charge is 0.403 e. The predicted octanol–water partition coefficient (Wildman–Crippen LogP) is 7.41. The number of rotatable bonds is 14. The van der Waals surface area contributed by atoms with Crippen molar-refractivity contribution >= 4 is 44.6 Å². The van der Waals surface area contributed by atoms with Gasteiger partial charge in [-0.15, -0.1) is 0 Å². The van der Waals surface area contributed by atoms with Crippen molar-refractivity contribution in [2.24, 2.45) is 0 Å². The van der Waals surface area contributed by atoms with Crippen molar-refractivity contribution in [1.29, 1.82) is 0 Å². The van der Waals surface area contributed by atoms with E-state index < -0.39 is 11.3 Å². The van der Waals surface area contributed by atoms with E-state index in [2.05, 4.69) is 75.0 Å². The van der Waals surface area contributed by atoms with Crippen molar-refractivity contribution in [2.45, 2.75) is 55.4 Å². The summed E-state index contributed by atoms with van der Waals surface area (Å²) in [5.74, 6) is 0.446. The van der Waals surface area contributed by atoms with E-state index >= 15 is 0 Å². The van der Waals surface area contributed by atoms with Gasteiger partial charge in [-0.05, 0) is 104 Å². The predicted molar refractivity (Wildman–Crippen MR) is 199 cm³/mol.